The van der Waals surface area contributed by atoms with Gasteiger partial charge in [-0.1, -0.05) is 38.1 Å². The van der Waals surface area contributed by atoms with Crippen LogP contribution in [-0.2, 0) is 6.42 Å². The highest BCUT2D eigenvalue weighted by Crippen LogP contribution is 2.30. The quantitative estimate of drug-likeness (QED) is 0.850. The lowest BCUT2D eigenvalue weighted by molar-refractivity contribution is 0.158. The Labute approximate surface area is 130 Å². The summed E-state index contributed by atoms with van der Waals surface area (Å²) in [5, 5.41) is 3.50. The summed E-state index contributed by atoms with van der Waals surface area (Å²) >= 11 is 0. The monoisotopic (exact) mass is 288 g/mol. The number of nitrogens with zero attached hydrogens (tertiary/aromatic N) is 1. The van der Waals surface area contributed by atoms with E-state index in [1.807, 2.05) is 0 Å². The molecule has 0 aromatic heterocycles. The lowest BCUT2D eigenvalue weighted by atomic mass is 9.98. The average Bonchev–Trinajstić information content (AvgIpc) is 2.75. The zero-order valence-electron chi connectivity index (χ0n) is 14.4. The standard InChI is InChI=1S/C19H32N2/c1-15(2)13-16-7-9-17(10-8-16)18(20-5)14-21-12-6-11-19(21,3)4/h7-10,15,18,20H,6,11-14H2,1-5H3. The SMILES string of the molecule is CNC(CN1CCCC1(C)C)c1ccc(CC(C)C)cc1. The fourth-order valence-corrected chi connectivity index (χ4v) is 3.44. The summed E-state index contributed by atoms with van der Waals surface area (Å²) in [4.78, 5) is 2.64. The summed E-state index contributed by atoms with van der Waals surface area (Å²) in [6.07, 6.45) is 3.82. The maximum Gasteiger partial charge on any atom is 0.0447 e. The fourth-order valence-electron chi connectivity index (χ4n) is 3.44. The van der Waals surface area contributed by atoms with E-state index in [0.717, 1.165) is 12.5 Å². The van der Waals surface area contributed by atoms with Gasteiger partial charge in [0.25, 0.3) is 0 Å². The van der Waals surface area contributed by atoms with E-state index in [4.69, 9.17) is 0 Å². The van der Waals surface area contributed by atoms with Crippen molar-refractivity contribution in [1.29, 1.82) is 0 Å². The first-order valence-electron chi connectivity index (χ1n) is 8.43. The zero-order valence-corrected chi connectivity index (χ0v) is 14.4. The Balaban J connectivity index is 2.03. The maximum absolute atomic E-state index is 3.50. The lowest BCUT2D eigenvalue weighted by Gasteiger charge is -2.34. The Morgan fingerprint density at radius 2 is 1.86 bits per heavy atom. The molecule has 1 aliphatic rings. The number of likely N-dealkylation sites (tertiary alicyclic amines) is 1. The van der Waals surface area contributed by atoms with Crippen molar-refractivity contribution in [3.63, 3.8) is 0 Å². The van der Waals surface area contributed by atoms with Gasteiger partial charge in [0.05, 0.1) is 0 Å². The topological polar surface area (TPSA) is 15.3 Å². The van der Waals surface area contributed by atoms with E-state index in [1.165, 1.54) is 36.9 Å². The van der Waals surface area contributed by atoms with Gasteiger partial charge in [-0.25, -0.2) is 0 Å². The second-order valence-corrected chi connectivity index (χ2v) is 7.54. The summed E-state index contributed by atoms with van der Waals surface area (Å²) in [5.74, 6) is 0.723. The van der Waals surface area contributed by atoms with Gasteiger partial charge in [-0.2, -0.15) is 0 Å². The number of hydrogen-bond donors (Lipinski definition) is 1. The van der Waals surface area contributed by atoms with Gasteiger partial charge in [-0.15, -0.1) is 0 Å². The largest absolute Gasteiger partial charge is 0.312 e. The predicted octanol–water partition coefficient (Wildman–Crippen LogP) is 4.02. The Kier molecular flexibility index (Phi) is 5.45. The minimum atomic E-state index is 0.354. The second-order valence-electron chi connectivity index (χ2n) is 7.54. The second kappa shape index (κ2) is 6.93. The average molecular weight is 288 g/mol. The van der Waals surface area contributed by atoms with Crippen LogP contribution in [0.15, 0.2) is 24.3 Å². The Bertz CT molecular complexity index is 433. The molecule has 1 aromatic carbocycles. The van der Waals surface area contributed by atoms with Crippen molar-refractivity contribution >= 4 is 0 Å². The molecular weight excluding hydrogens is 256 g/mol. The van der Waals surface area contributed by atoms with E-state index in [0.29, 0.717) is 11.6 Å². The van der Waals surface area contributed by atoms with Crippen LogP contribution in [0.25, 0.3) is 0 Å². The van der Waals surface area contributed by atoms with Gasteiger partial charge in [0.15, 0.2) is 0 Å². The van der Waals surface area contributed by atoms with Crippen LogP contribution in [-0.4, -0.2) is 30.6 Å². The third-order valence-electron chi connectivity index (χ3n) is 4.85. The Hall–Kier alpha value is -0.860. The van der Waals surface area contributed by atoms with E-state index in [-0.39, 0.29) is 0 Å². The van der Waals surface area contributed by atoms with E-state index >= 15 is 0 Å². The molecule has 1 unspecified atom stereocenters. The van der Waals surface area contributed by atoms with E-state index < -0.39 is 0 Å². The molecule has 2 nitrogen and oxygen atoms in total. The molecule has 1 atom stereocenters. The smallest absolute Gasteiger partial charge is 0.0447 e. The molecule has 2 rings (SSSR count). The molecule has 1 N–H and O–H groups in total. The lowest BCUT2D eigenvalue weighted by Crippen LogP contribution is -2.42. The number of hydrogen-bond acceptors (Lipinski definition) is 2. The molecule has 0 spiro atoms. The van der Waals surface area contributed by atoms with Gasteiger partial charge in [0, 0.05) is 18.1 Å². The van der Waals surface area contributed by atoms with Crippen LogP contribution in [0.3, 0.4) is 0 Å². The van der Waals surface area contributed by atoms with Crippen molar-refractivity contribution in [3.05, 3.63) is 35.4 Å². The highest BCUT2D eigenvalue weighted by atomic mass is 15.2. The number of likely N-dealkylation sites (N-methyl/N-ethyl adjacent to an activating group) is 1. The van der Waals surface area contributed by atoms with Gasteiger partial charge in [0.1, 0.15) is 0 Å². The van der Waals surface area contributed by atoms with Crippen LogP contribution in [0.5, 0.6) is 0 Å². The van der Waals surface area contributed by atoms with Crippen LogP contribution in [0.1, 0.15) is 57.7 Å². The maximum atomic E-state index is 3.50. The zero-order chi connectivity index (χ0) is 15.5. The van der Waals surface area contributed by atoms with E-state index in [2.05, 4.69) is 69.2 Å². The first kappa shape index (κ1) is 16.5. The van der Waals surface area contributed by atoms with Gasteiger partial charge in [-0.3, -0.25) is 4.90 Å². The summed E-state index contributed by atoms with van der Waals surface area (Å²) in [5.41, 5.74) is 3.21. The molecule has 118 valence electrons. The van der Waals surface area contributed by atoms with Gasteiger partial charge in [-0.05, 0) is 63.7 Å². The van der Waals surface area contributed by atoms with Crippen LogP contribution in [0.4, 0.5) is 0 Å². The summed E-state index contributed by atoms with van der Waals surface area (Å²) < 4.78 is 0. The highest BCUT2D eigenvalue weighted by Gasteiger charge is 2.33. The third kappa shape index (κ3) is 4.31. The predicted molar refractivity (Wildman–Crippen MR) is 91.7 cm³/mol. The molecule has 1 fully saturated rings. The molecule has 2 heteroatoms. The highest BCUT2D eigenvalue weighted by molar-refractivity contribution is 5.25. The molecule has 0 aliphatic carbocycles. The van der Waals surface area contributed by atoms with Gasteiger partial charge >= 0.3 is 0 Å². The van der Waals surface area contributed by atoms with Crippen molar-refractivity contribution in [3.8, 4) is 0 Å². The molecule has 1 aromatic rings. The van der Waals surface area contributed by atoms with Crippen molar-refractivity contribution in [1.82, 2.24) is 10.2 Å². The van der Waals surface area contributed by atoms with Crippen molar-refractivity contribution in [2.24, 2.45) is 5.92 Å². The van der Waals surface area contributed by atoms with Crippen molar-refractivity contribution < 1.29 is 0 Å². The van der Waals surface area contributed by atoms with Crippen LogP contribution in [0.2, 0.25) is 0 Å². The van der Waals surface area contributed by atoms with E-state index in [1.54, 1.807) is 0 Å². The van der Waals surface area contributed by atoms with Crippen LogP contribution < -0.4 is 5.32 Å². The minimum Gasteiger partial charge on any atom is -0.312 e. The van der Waals surface area contributed by atoms with Crippen molar-refractivity contribution in [2.45, 2.75) is 58.5 Å². The van der Waals surface area contributed by atoms with Crippen LogP contribution in [0, 0.1) is 5.92 Å². The minimum absolute atomic E-state index is 0.354. The third-order valence-corrected chi connectivity index (χ3v) is 4.85. The van der Waals surface area contributed by atoms with Crippen LogP contribution >= 0.6 is 0 Å². The number of benzene rings is 1. The molecule has 1 heterocycles. The van der Waals surface area contributed by atoms with E-state index in [9.17, 15) is 0 Å². The molecule has 21 heavy (non-hydrogen) atoms. The molecule has 0 amide bonds. The molecule has 0 radical (unpaired) electrons. The number of rotatable bonds is 6. The van der Waals surface area contributed by atoms with Crippen molar-refractivity contribution in [2.75, 3.05) is 20.1 Å². The van der Waals surface area contributed by atoms with Gasteiger partial charge < -0.3 is 5.32 Å². The molecule has 0 bridgehead atoms. The van der Waals surface area contributed by atoms with Gasteiger partial charge in [0.2, 0.25) is 0 Å². The summed E-state index contributed by atoms with van der Waals surface area (Å²) in [6, 6.07) is 9.64. The molecule has 1 saturated heterocycles. The first-order valence-corrected chi connectivity index (χ1v) is 8.43. The number of nitrogens with one attached hydrogen (secondary N) is 1. The Morgan fingerprint density at radius 3 is 2.33 bits per heavy atom. The molecule has 0 saturated carbocycles. The molecular formula is C19H32N2. The first-order chi connectivity index (χ1) is 9.92. The fraction of sp³-hybridized carbons (Fsp3) is 0.684. The summed E-state index contributed by atoms with van der Waals surface area (Å²) in [6.45, 7) is 11.6. The molecule has 1 aliphatic heterocycles. The Morgan fingerprint density at radius 1 is 1.19 bits per heavy atom. The summed E-state index contributed by atoms with van der Waals surface area (Å²) in [7, 11) is 2.08. The normalized spacial score (nSPS) is 20.1.